The third-order valence-corrected chi connectivity index (χ3v) is 3.18. The van der Waals surface area contributed by atoms with Crippen molar-refractivity contribution in [1.29, 1.82) is 0 Å². The van der Waals surface area contributed by atoms with Crippen LogP contribution < -0.4 is 5.56 Å². The van der Waals surface area contributed by atoms with Crippen LogP contribution in [0.5, 0.6) is 0 Å². The number of aromatic amines is 1. The van der Waals surface area contributed by atoms with Crippen LogP contribution in [0.3, 0.4) is 0 Å². The first-order chi connectivity index (χ1) is 8.04. The van der Waals surface area contributed by atoms with Gasteiger partial charge in [0.05, 0.1) is 5.69 Å². The van der Waals surface area contributed by atoms with Gasteiger partial charge < -0.3 is 0 Å². The van der Waals surface area contributed by atoms with Gasteiger partial charge in [0.2, 0.25) is 0 Å². The van der Waals surface area contributed by atoms with E-state index in [9.17, 15) is 4.79 Å². The number of aromatic nitrogens is 2. The number of H-pyrrole nitrogens is 1. The highest BCUT2D eigenvalue weighted by atomic mass is 16.1. The molecule has 0 aliphatic rings. The van der Waals surface area contributed by atoms with Crippen molar-refractivity contribution in [2.24, 2.45) is 0 Å². The minimum atomic E-state index is 0.0514. The van der Waals surface area contributed by atoms with Crippen LogP contribution in [0, 0.1) is 20.8 Å². The molecule has 1 heterocycles. The first kappa shape index (κ1) is 11.7. The van der Waals surface area contributed by atoms with Crippen molar-refractivity contribution in [3.05, 3.63) is 50.9 Å². The summed E-state index contributed by atoms with van der Waals surface area (Å²) >= 11 is 0. The van der Waals surface area contributed by atoms with Gasteiger partial charge in [0.25, 0.3) is 5.56 Å². The lowest BCUT2D eigenvalue weighted by Gasteiger charge is -2.07. The van der Waals surface area contributed by atoms with Crippen LogP contribution in [0.4, 0.5) is 0 Å². The molecule has 0 unspecified atom stereocenters. The second-order valence-electron chi connectivity index (χ2n) is 4.50. The number of nitrogens with one attached hydrogen (secondary N) is 1. The monoisotopic (exact) mass is 230 g/mol. The van der Waals surface area contributed by atoms with E-state index in [0.29, 0.717) is 0 Å². The fourth-order valence-corrected chi connectivity index (χ4v) is 2.04. The van der Waals surface area contributed by atoms with Gasteiger partial charge in [0.15, 0.2) is 0 Å². The maximum Gasteiger partial charge on any atom is 0.274 e. The molecule has 0 spiro atoms. The van der Waals surface area contributed by atoms with Crippen LogP contribution in [0.1, 0.15) is 29.3 Å². The summed E-state index contributed by atoms with van der Waals surface area (Å²) in [5, 5.41) is 3.19. The number of hydrogen-bond acceptors (Lipinski definition) is 1. The predicted molar refractivity (Wildman–Crippen MR) is 70.0 cm³/mol. The fraction of sp³-hybridized carbons (Fsp3) is 0.357. The molecule has 1 aromatic carbocycles. The Kier molecular flexibility index (Phi) is 2.92. The standard InChI is InChI=1S/C14H18N2O/c1-5-12-11(4)14(17)16(15-12)13-8-9(2)6-7-10(13)3/h6-8,15H,5H2,1-4H3. The zero-order valence-electron chi connectivity index (χ0n) is 10.8. The molecule has 3 nitrogen and oxygen atoms in total. The third-order valence-electron chi connectivity index (χ3n) is 3.18. The van der Waals surface area contributed by atoms with Crippen molar-refractivity contribution in [3.8, 4) is 5.69 Å². The molecule has 2 rings (SSSR count). The Bertz CT molecular complexity index is 605. The third kappa shape index (κ3) is 1.93. The first-order valence-corrected chi connectivity index (χ1v) is 5.92. The number of nitrogens with zero attached hydrogens (tertiary/aromatic N) is 1. The van der Waals surface area contributed by atoms with Crippen molar-refractivity contribution in [1.82, 2.24) is 9.78 Å². The molecule has 0 aliphatic heterocycles. The maximum absolute atomic E-state index is 12.1. The molecular formula is C14H18N2O. The van der Waals surface area contributed by atoms with E-state index < -0.39 is 0 Å². The number of aryl methyl sites for hydroxylation is 3. The van der Waals surface area contributed by atoms with Gasteiger partial charge in [-0.1, -0.05) is 19.1 Å². The highest BCUT2D eigenvalue weighted by Gasteiger charge is 2.11. The largest absolute Gasteiger partial charge is 0.295 e. The SMILES string of the molecule is CCc1[nH]n(-c2cc(C)ccc2C)c(=O)c1C. The topological polar surface area (TPSA) is 37.8 Å². The molecular weight excluding hydrogens is 212 g/mol. The Morgan fingerprint density at radius 2 is 1.94 bits per heavy atom. The smallest absolute Gasteiger partial charge is 0.274 e. The molecule has 0 radical (unpaired) electrons. The molecule has 1 N–H and O–H groups in total. The van der Waals surface area contributed by atoms with Crippen molar-refractivity contribution in [3.63, 3.8) is 0 Å². The average Bonchev–Trinajstić information content (AvgIpc) is 2.59. The number of rotatable bonds is 2. The van der Waals surface area contributed by atoms with Gasteiger partial charge in [-0.25, -0.2) is 4.68 Å². The van der Waals surface area contributed by atoms with E-state index >= 15 is 0 Å². The van der Waals surface area contributed by atoms with Gasteiger partial charge in [-0.2, -0.15) is 0 Å². The Morgan fingerprint density at radius 3 is 2.53 bits per heavy atom. The lowest BCUT2D eigenvalue weighted by atomic mass is 10.1. The van der Waals surface area contributed by atoms with E-state index in [1.165, 1.54) is 0 Å². The van der Waals surface area contributed by atoms with Gasteiger partial charge >= 0.3 is 0 Å². The summed E-state index contributed by atoms with van der Waals surface area (Å²) in [4.78, 5) is 12.1. The van der Waals surface area contributed by atoms with Gasteiger partial charge in [-0.3, -0.25) is 9.89 Å². The van der Waals surface area contributed by atoms with Crippen LogP contribution in [-0.4, -0.2) is 9.78 Å². The van der Waals surface area contributed by atoms with Crippen LogP contribution in [-0.2, 0) is 6.42 Å². The molecule has 0 atom stereocenters. The normalized spacial score (nSPS) is 10.8. The molecule has 0 bridgehead atoms. The van der Waals surface area contributed by atoms with E-state index in [1.54, 1.807) is 4.68 Å². The second kappa shape index (κ2) is 4.24. The van der Waals surface area contributed by atoms with Crippen LogP contribution in [0.15, 0.2) is 23.0 Å². The van der Waals surface area contributed by atoms with E-state index in [-0.39, 0.29) is 5.56 Å². The lowest BCUT2D eigenvalue weighted by Crippen LogP contribution is -2.16. The molecule has 90 valence electrons. The van der Waals surface area contributed by atoms with Crippen molar-refractivity contribution in [2.45, 2.75) is 34.1 Å². The van der Waals surface area contributed by atoms with Gasteiger partial charge in [-0.05, 0) is 44.4 Å². The number of benzene rings is 1. The van der Waals surface area contributed by atoms with Gasteiger partial charge in [0, 0.05) is 11.3 Å². The average molecular weight is 230 g/mol. The van der Waals surface area contributed by atoms with Gasteiger partial charge in [0.1, 0.15) is 0 Å². The van der Waals surface area contributed by atoms with Crippen molar-refractivity contribution >= 4 is 0 Å². The highest BCUT2D eigenvalue weighted by Crippen LogP contribution is 2.14. The molecule has 3 heteroatoms. The molecule has 1 aromatic heterocycles. The zero-order valence-corrected chi connectivity index (χ0v) is 10.8. The predicted octanol–water partition coefficient (Wildman–Crippen LogP) is 2.65. The summed E-state index contributed by atoms with van der Waals surface area (Å²) in [5.74, 6) is 0. The summed E-state index contributed by atoms with van der Waals surface area (Å²) in [6.07, 6.45) is 0.846. The maximum atomic E-state index is 12.1. The Balaban J connectivity index is 2.68. The summed E-state index contributed by atoms with van der Waals surface area (Å²) in [5.41, 5.74) is 5.07. The molecule has 0 amide bonds. The molecule has 17 heavy (non-hydrogen) atoms. The van der Waals surface area contributed by atoms with E-state index in [4.69, 9.17) is 0 Å². The summed E-state index contributed by atoms with van der Waals surface area (Å²) in [6.45, 7) is 7.97. The lowest BCUT2D eigenvalue weighted by molar-refractivity contribution is 0.813. The van der Waals surface area contributed by atoms with Crippen molar-refractivity contribution in [2.75, 3.05) is 0 Å². The molecule has 0 saturated carbocycles. The highest BCUT2D eigenvalue weighted by molar-refractivity contribution is 5.43. The quantitative estimate of drug-likeness (QED) is 0.846. The Hall–Kier alpha value is -1.77. The van der Waals surface area contributed by atoms with Crippen LogP contribution in [0.25, 0.3) is 5.69 Å². The van der Waals surface area contributed by atoms with Crippen molar-refractivity contribution < 1.29 is 0 Å². The first-order valence-electron chi connectivity index (χ1n) is 5.92. The second-order valence-corrected chi connectivity index (χ2v) is 4.50. The molecule has 0 fully saturated rings. The minimum Gasteiger partial charge on any atom is -0.295 e. The van der Waals surface area contributed by atoms with Crippen LogP contribution in [0.2, 0.25) is 0 Å². The fourth-order valence-electron chi connectivity index (χ4n) is 2.04. The summed E-state index contributed by atoms with van der Waals surface area (Å²) in [6, 6.07) is 6.13. The van der Waals surface area contributed by atoms with E-state index in [2.05, 4.69) is 11.2 Å². The molecule has 0 saturated heterocycles. The van der Waals surface area contributed by atoms with Gasteiger partial charge in [-0.15, -0.1) is 0 Å². The Labute approximate surface area is 101 Å². The molecule has 2 aromatic rings. The Morgan fingerprint density at radius 1 is 1.24 bits per heavy atom. The zero-order chi connectivity index (χ0) is 12.6. The number of hydrogen-bond donors (Lipinski definition) is 1. The summed E-state index contributed by atoms with van der Waals surface area (Å²) in [7, 11) is 0. The summed E-state index contributed by atoms with van der Waals surface area (Å²) < 4.78 is 1.65. The minimum absolute atomic E-state index is 0.0514. The van der Waals surface area contributed by atoms with E-state index in [1.807, 2.05) is 39.8 Å². The van der Waals surface area contributed by atoms with Crippen LogP contribution >= 0.6 is 0 Å². The van der Waals surface area contributed by atoms with E-state index in [0.717, 1.165) is 34.5 Å². The molecule has 0 aliphatic carbocycles.